The summed E-state index contributed by atoms with van der Waals surface area (Å²) >= 11 is 5.54. The summed E-state index contributed by atoms with van der Waals surface area (Å²) in [6, 6.07) is 3.57. The maximum atomic E-state index is 11.6. The Morgan fingerprint density at radius 1 is 1.44 bits per heavy atom. The summed E-state index contributed by atoms with van der Waals surface area (Å²) in [5.74, 6) is 1.62. The average molecular weight is 265 g/mol. The first-order chi connectivity index (χ1) is 8.72. The molecule has 0 saturated carbocycles. The summed E-state index contributed by atoms with van der Waals surface area (Å²) in [7, 11) is 0. The fourth-order valence-corrected chi connectivity index (χ4v) is 1.76. The Kier molecular flexibility index (Phi) is 3.94. The smallest absolute Gasteiger partial charge is 0.225 e. The number of anilines is 1. The SMILES string of the molecule is Cc1nccn1-c1ncccc1NC(=O)CCCl. The average Bonchev–Trinajstić information content (AvgIpc) is 2.76. The van der Waals surface area contributed by atoms with E-state index in [-0.39, 0.29) is 12.3 Å². The Labute approximate surface area is 110 Å². The Hall–Kier alpha value is -1.88. The fraction of sp³-hybridized carbons (Fsp3) is 0.250. The van der Waals surface area contributed by atoms with Crippen LogP contribution >= 0.6 is 11.6 Å². The number of aromatic nitrogens is 3. The van der Waals surface area contributed by atoms with Crippen molar-refractivity contribution in [2.75, 3.05) is 11.2 Å². The molecule has 0 aliphatic carbocycles. The predicted molar refractivity (Wildman–Crippen MR) is 70.1 cm³/mol. The van der Waals surface area contributed by atoms with Gasteiger partial charge in [-0.2, -0.15) is 0 Å². The number of alkyl halides is 1. The van der Waals surface area contributed by atoms with Gasteiger partial charge in [-0.3, -0.25) is 9.36 Å². The van der Waals surface area contributed by atoms with Crippen molar-refractivity contribution in [2.24, 2.45) is 0 Å². The molecule has 0 bridgehead atoms. The molecule has 2 aromatic rings. The molecule has 0 spiro atoms. The minimum atomic E-state index is -0.128. The highest BCUT2D eigenvalue weighted by Crippen LogP contribution is 2.18. The van der Waals surface area contributed by atoms with Crippen LogP contribution in [0.25, 0.3) is 5.82 Å². The molecule has 1 N–H and O–H groups in total. The number of pyridine rings is 1. The number of carbonyl (C=O) groups excluding carboxylic acids is 1. The van der Waals surface area contributed by atoms with Crippen LogP contribution in [-0.2, 0) is 4.79 Å². The minimum absolute atomic E-state index is 0.128. The monoisotopic (exact) mass is 264 g/mol. The van der Waals surface area contributed by atoms with E-state index in [0.29, 0.717) is 17.4 Å². The second-order valence-corrected chi connectivity index (χ2v) is 4.08. The van der Waals surface area contributed by atoms with E-state index in [1.54, 1.807) is 30.7 Å². The van der Waals surface area contributed by atoms with E-state index in [1.165, 1.54) is 0 Å². The normalized spacial score (nSPS) is 10.3. The fourth-order valence-electron chi connectivity index (χ4n) is 1.59. The molecule has 2 rings (SSSR count). The molecule has 0 atom stereocenters. The third-order valence-electron chi connectivity index (χ3n) is 2.44. The van der Waals surface area contributed by atoms with E-state index in [4.69, 9.17) is 11.6 Å². The van der Waals surface area contributed by atoms with Gasteiger partial charge in [-0.05, 0) is 19.1 Å². The van der Waals surface area contributed by atoms with Gasteiger partial charge in [-0.1, -0.05) is 0 Å². The number of amides is 1. The predicted octanol–water partition coefficient (Wildman–Crippen LogP) is 2.14. The number of halogens is 1. The van der Waals surface area contributed by atoms with E-state index < -0.39 is 0 Å². The highest BCUT2D eigenvalue weighted by atomic mass is 35.5. The van der Waals surface area contributed by atoms with E-state index >= 15 is 0 Å². The highest BCUT2D eigenvalue weighted by Gasteiger charge is 2.10. The second kappa shape index (κ2) is 5.64. The zero-order valence-electron chi connectivity index (χ0n) is 9.93. The highest BCUT2D eigenvalue weighted by molar-refractivity contribution is 6.19. The van der Waals surface area contributed by atoms with Crippen LogP contribution in [0, 0.1) is 6.92 Å². The molecule has 6 heteroatoms. The van der Waals surface area contributed by atoms with E-state index in [2.05, 4.69) is 15.3 Å². The van der Waals surface area contributed by atoms with Crippen LogP contribution < -0.4 is 5.32 Å². The number of hydrogen-bond acceptors (Lipinski definition) is 3. The maximum Gasteiger partial charge on any atom is 0.225 e. The number of carbonyl (C=O) groups is 1. The zero-order valence-corrected chi connectivity index (χ0v) is 10.7. The first-order valence-corrected chi connectivity index (χ1v) is 6.07. The molecule has 18 heavy (non-hydrogen) atoms. The van der Waals surface area contributed by atoms with Crippen LogP contribution in [0.1, 0.15) is 12.2 Å². The van der Waals surface area contributed by atoms with Crippen LogP contribution in [0.3, 0.4) is 0 Å². The summed E-state index contributed by atoms with van der Waals surface area (Å²) in [5.41, 5.74) is 0.647. The first kappa shape index (κ1) is 12.6. The Morgan fingerprint density at radius 2 is 2.28 bits per heavy atom. The van der Waals surface area contributed by atoms with Crippen molar-refractivity contribution in [3.05, 3.63) is 36.5 Å². The first-order valence-electron chi connectivity index (χ1n) is 5.53. The Bertz CT molecular complexity index is 553. The van der Waals surface area contributed by atoms with Gasteiger partial charge < -0.3 is 5.32 Å². The van der Waals surface area contributed by atoms with Crippen LogP contribution in [0.4, 0.5) is 5.69 Å². The quantitative estimate of drug-likeness (QED) is 0.861. The molecule has 0 radical (unpaired) electrons. The Morgan fingerprint density at radius 3 is 2.94 bits per heavy atom. The van der Waals surface area contributed by atoms with Gasteiger partial charge in [0.25, 0.3) is 0 Å². The number of nitrogens with zero attached hydrogens (tertiary/aromatic N) is 3. The summed E-state index contributed by atoms with van der Waals surface area (Å²) < 4.78 is 1.82. The van der Waals surface area contributed by atoms with Crippen LogP contribution in [0.2, 0.25) is 0 Å². The standard InChI is InChI=1S/C12H13ClN4O/c1-9-14-7-8-17(9)12-10(3-2-6-15-12)16-11(18)4-5-13/h2-3,6-8H,4-5H2,1H3,(H,16,18). The third-order valence-corrected chi connectivity index (χ3v) is 2.63. The number of rotatable bonds is 4. The van der Waals surface area contributed by atoms with Gasteiger partial charge in [-0.25, -0.2) is 9.97 Å². The number of imidazole rings is 1. The van der Waals surface area contributed by atoms with Gasteiger partial charge in [0.05, 0.1) is 5.69 Å². The summed E-state index contributed by atoms with van der Waals surface area (Å²) in [6.07, 6.45) is 5.44. The minimum Gasteiger partial charge on any atom is -0.323 e. The van der Waals surface area contributed by atoms with Crippen LogP contribution in [0.15, 0.2) is 30.7 Å². The van der Waals surface area contributed by atoms with Crippen LogP contribution in [0.5, 0.6) is 0 Å². The molecule has 1 amide bonds. The van der Waals surface area contributed by atoms with Crippen molar-refractivity contribution >= 4 is 23.2 Å². The molecule has 2 heterocycles. The van der Waals surface area contributed by atoms with Crippen molar-refractivity contribution in [2.45, 2.75) is 13.3 Å². The van der Waals surface area contributed by atoms with Gasteiger partial charge in [0, 0.05) is 30.9 Å². The van der Waals surface area contributed by atoms with E-state index in [1.807, 2.05) is 11.5 Å². The molecular formula is C12H13ClN4O. The molecule has 2 aromatic heterocycles. The molecule has 5 nitrogen and oxygen atoms in total. The molecule has 0 unspecified atom stereocenters. The second-order valence-electron chi connectivity index (χ2n) is 3.71. The van der Waals surface area contributed by atoms with Crippen molar-refractivity contribution in [1.82, 2.24) is 14.5 Å². The topological polar surface area (TPSA) is 59.8 Å². The lowest BCUT2D eigenvalue weighted by molar-refractivity contribution is -0.115. The largest absolute Gasteiger partial charge is 0.323 e. The van der Waals surface area contributed by atoms with E-state index in [0.717, 1.165) is 5.82 Å². The lowest BCUT2D eigenvalue weighted by atomic mass is 10.3. The summed E-state index contributed by atoms with van der Waals surface area (Å²) in [5, 5.41) is 2.79. The lowest BCUT2D eigenvalue weighted by Gasteiger charge is -2.11. The number of hydrogen-bond donors (Lipinski definition) is 1. The third kappa shape index (κ3) is 2.68. The molecule has 0 aromatic carbocycles. The van der Waals surface area contributed by atoms with Gasteiger partial charge in [0.2, 0.25) is 5.91 Å². The van der Waals surface area contributed by atoms with Gasteiger partial charge in [0.15, 0.2) is 5.82 Å². The van der Waals surface area contributed by atoms with Crippen molar-refractivity contribution in [3.63, 3.8) is 0 Å². The van der Waals surface area contributed by atoms with Gasteiger partial charge in [-0.15, -0.1) is 11.6 Å². The van der Waals surface area contributed by atoms with Crippen molar-refractivity contribution in [1.29, 1.82) is 0 Å². The summed E-state index contributed by atoms with van der Waals surface area (Å²) in [4.78, 5) is 20.0. The van der Waals surface area contributed by atoms with Crippen molar-refractivity contribution in [3.8, 4) is 5.82 Å². The van der Waals surface area contributed by atoms with Gasteiger partial charge >= 0.3 is 0 Å². The number of aryl methyl sites for hydroxylation is 1. The maximum absolute atomic E-state index is 11.6. The number of nitrogens with one attached hydrogen (secondary N) is 1. The molecule has 94 valence electrons. The molecular weight excluding hydrogens is 252 g/mol. The van der Waals surface area contributed by atoms with Crippen LogP contribution in [-0.4, -0.2) is 26.3 Å². The molecule has 0 aliphatic heterocycles. The molecule has 0 saturated heterocycles. The Balaban J connectivity index is 2.32. The summed E-state index contributed by atoms with van der Waals surface area (Å²) in [6.45, 7) is 1.87. The zero-order chi connectivity index (χ0) is 13.0. The molecule has 0 aliphatic rings. The van der Waals surface area contributed by atoms with Crippen molar-refractivity contribution < 1.29 is 4.79 Å². The van der Waals surface area contributed by atoms with Gasteiger partial charge in [0.1, 0.15) is 5.82 Å². The van der Waals surface area contributed by atoms with E-state index in [9.17, 15) is 4.79 Å². The lowest BCUT2D eigenvalue weighted by Crippen LogP contribution is -2.14. The molecule has 0 fully saturated rings.